The molecule has 1 aromatic carbocycles. The fourth-order valence-electron chi connectivity index (χ4n) is 1.95. The van der Waals surface area contributed by atoms with Crippen LogP contribution >= 0.6 is 28.1 Å². The second-order valence-electron chi connectivity index (χ2n) is 4.43. The van der Waals surface area contributed by atoms with Crippen molar-refractivity contribution in [3.8, 4) is 0 Å². The summed E-state index contributed by atoms with van der Waals surface area (Å²) in [4.78, 5) is 14.4. The molecule has 0 radical (unpaired) electrons. The van der Waals surface area contributed by atoms with E-state index in [9.17, 15) is 4.79 Å². The number of benzene rings is 1. The van der Waals surface area contributed by atoms with Crippen LogP contribution in [-0.2, 0) is 4.79 Å². The van der Waals surface area contributed by atoms with Gasteiger partial charge in [0.1, 0.15) is 11.0 Å². The summed E-state index contributed by atoms with van der Waals surface area (Å²) in [5, 5.41) is 3.19. The predicted molar refractivity (Wildman–Crippen MR) is 91.0 cm³/mol. The van der Waals surface area contributed by atoms with Crippen LogP contribution in [0.1, 0.15) is 26.3 Å². The summed E-state index contributed by atoms with van der Waals surface area (Å²) in [5.74, 6) is 0.0591. The fourth-order valence-corrected chi connectivity index (χ4v) is 2.49. The summed E-state index contributed by atoms with van der Waals surface area (Å²) >= 11 is 8.44. The minimum atomic E-state index is -0.336. The fraction of sp³-hybridized carbons (Fsp3) is 0.429. The molecule has 0 aliphatic heterocycles. The zero-order valence-corrected chi connectivity index (χ0v) is 14.3. The Balaban J connectivity index is 2.95. The predicted octanol–water partition coefficient (Wildman–Crippen LogP) is 2.75. The second kappa shape index (κ2) is 7.59. The van der Waals surface area contributed by atoms with Crippen molar-refractivity contribution in [2.75, 3.05) is 18.4 Å². The van der Waals surface area contributed by atoms with Crippen LogP contribution in [0.3, 0.4) is 0 Å². The lowest BCUT2D eigenvalue weighted by Crippen LogP contribution is -2.41. The number of thiocarbonyl (C=S) groups is 1. The van der Waals surface area contributed by atoms with Gasteiger partial charge in [-0.3, -0.25) is 4.79 Å². The van der Waals surface area contributed by atoms with E-state index < -0.39 is 0 Å². The average Bonchev–Trinajstić information content (AvgIpc) is 2.39. The third kappa shape index (κ3) is 4.18. The number of anilines is 1. The molecular weight excluding hydrogens is 338 g/mol. The summed E-state index contributed by atoms with van der Waals surface area (Å²) in [7, 11) is 0. The Hall–Kier alpha value is -1.14. The van der Waals surface area contributed by atoms with E-state index in [-0.39, 0.29) is 11.9 Å². The molecule has 3 N–H and O–H groups in total. The number of halogens is 1. The molecule has 0 bridgehead atoms. The van der Waals surface area contributed by atoms with Gasteiger partial charge in [-0.05, 0) is 39.0 Å². The van der Waals surface area contributed by atoms with Gasteiger partial charge in [0.15, 0.2) is 0 Å². The van der Waals surface area contributed by atoms with Gasteiger partial charge in [0.05, 0.1) is 0 Å². The van der Waals surface area contributed by atoms with Gasteiger partial charge in [-0.2, -0.15) is 0 Å². The SMILES string of the molecule is CCN(CC)C(=O)C(C)Nc1cc(Br)ccc1C(N)=S. The zero-order chi connectivity index (χ0) is 15.3. The van der Waals surface area contributed by atoms with Crippen LogP contribution in [0.5, 0.6) is 0 Å². The van der Waals surface area contributed by atoms with Crippen molar-refractivity contribution >= 4 is 44.7 Å². The molecule has 1 amide bonds. The van der Waals surface area contributed by atoms with Gasteiger partial charge in [0.2, 0.25) is 5.91 Å². The molecule has 1 atom stereocenters. The smallest absolute Gasteiger partial charge is 0.244 e. The molecule has 0 fully saturated rings. The van der Waals surface area contributed by atoms with E-state index in [0.717, 1.165) is 15.7 Å². The molecule has 0 heterocycles. The van der Waals surface area contributed by atoms with Gasteiger partial charge >= 0.3 is 0 Å². The van der Waals surface area contributed by atoms with Crippen LogP contribution in [0.4, 0.5) is 5.69 Å². The standard InChI is InChI=1S/C14H20BrN3OS/c1-4-18(5-2)14(19)9(3)17-12-8-10(15)6-7-11(12)13(16)20/h6-9,17H,4-5H2,1-3H3,(H2,16,20). The average molecular weight is 358 g/mol. The number of likely N-dealkylation sites (N-methyl/N-ethyl adjacent to an activating group) is 1. The van der Waals surface area contributed by atoms with E-state index >= 15 is 0 Å². The van der Waals surface area contributed by atoms with Gasteiger partial charge in [0, 0.05) is 28.8 Å². The normalized spacial score (nSPS) is 11.8. The lowest BCUT2D eigenvalue weighted by Gasteiger charge is -2.25. The zero-order valence-electron chi connectivity index (χ0n) is 11.9. The maximum absolute atomic E-state index is 12.3. The van der Waals surface area contributed by atoms with Crippen molar-refractivity contribution < 1.29 is 4.79 Å². The summed E-state index contributed by atoms with van der Waals surface area (Å²) in [6.07, 6.45) is 0. The quantitative estimate of drug-likeness (QED) is 0.768. The summed E-state index contributed by atoms with van der Waals surface area (Å²) < 4.78 is 0.905. The van der Waals surface area contributed by atoms with Crippen LogP contribution in [0.15, 0.2) is 22.7 Å². The van der Waals surface area contributed by atoms with E-state index in [0.29, 0.717) is 18.1 Å². The van der Waals surface area contributed by atoms with Crippen molar-refractivity contribution in [3.05, 3.63) is 28.2 Å². The highest BCUT2D eigenvalue weighted by Crippen LogP contribution is 2.22. The Morgan fingerprint density at radius 2 is 2.05 bits per heavy atom. The van der Waals surface area contributed by atoms with Crippen LogP contribution in [-0.4, -0.2) is 34.9 Å². The van der Waals surface area contributed by atoms with Crippen LogP contribution in [0, 0.1) is 0 Å². The molecule has 110 valence electrons. The third-order valence-electron chi connectivity index (χ3n) is 3.06. The molecule has 4 nitrogen and oxygen atoms in total. The van der Waals surface area contributed by atoms with Gasteiger partial charge in [-0.1, -0.05) is 28.1 Å². The van der Waals surface area contributed by atoms with Crippen molar-refractivity contribution in [1.29, 1.82) is 0 Å². The van der Waals surface area contributed by atoms with Crippen molar-refractivity contribution in [2.24, 2.45) is 5.73 Å². The Morgan fingerprint density at radius 1 is 1.45 bits per heavy atom. The molecule has 1 aromatic rings. The molecular formula is C14H20BrN3OS. The van der Waals surface area contributed by atoms with E-state index in [4.69, 9.17) is 18.0 Å². The number of rotatable bonds is 6. The first-order chi connectivity index (χ1) is 9.40. The summed E-state index contributed by atoms with van der Waals surface area (Å²) in [6, 6.07) is 5.25. The minimum absolute atomic E-state index is 0.0591. The number of nitrogens with two attached hydrogens (primary N) is 1. The largest absolute Gasteiger partial charge is 0.389 e. The van der Waals surface area contributed by atoms with Crippen LogP contribution in [0.25, 0.3) is 0 Å². The Kier molecular flexibility index (Phi) is 6.42. The molecule has 0 saturated carbocycles. The minimum Gasteiger partial charge on any atom is -0.389 e. The first-order valence-electron chi connectivity index (χ1n) is 6.55. The Morgan fingerprint density at radius 3 is 2.55 bits per heavy atom. The number of hydrogen-bond acceptors (Lipinski definition) is 3. The number of carbonyl (C=O) groups excluding carboxylic acids is 1. The third-order valence-corrected chi connectivity index (χ3v) is 3.78. The number of nitrogens with one attached hydrogen (secondary N) is 1. The highest BCUT2D eigenvalue weighted by Gasteiger charge is 2.19. The molecule has 0 aliphatic rings. The van der Waals surface area contributed by atoms with Crippen molar-refractivity contribution in [2.45, 2.75) is 26.8 Å². The van der Waals surface area contributed by atoms with Gasteiger partial charge < -0.3 is 16.0 Å². The lowest BCUT2D eigenvalue weighted by atomic mass is 10.1. The summed E-state index contributed by atoms with van der Waals surface area (Å²) in [6.45, 7) is 7.16. The van der Waals surface area contributed by atoms with Crippen LogP contribution in [0.2, 0.25) is 0 Å². The number of carbonyl (C=O) groups is 1. The Labute approximate surface area is 133 Å². The van der Waals surface area contributed by atoms with E-state index in [1.807, 2.05) is 39.0 Å². The van der Waals surface area contributed by atoms with Gasteiger partial charge in [-0.25, -0.2) is 0 Å². The second-order valence-corrected chi connectivity index (χ2v) is 5.79. The van der Waals surface area contributed by atoms with E-state index in [1.165, 1.54) is 0 Å². The van der Waals surface area contributed by atoms with Crippen molar-refractivity contribution in [1.82, 2.24) is 4.90 Å². The molecule has 1 rings (SSSR count). The first kappa shape index (κ1) is 16.9. The number of nitrogens with zero attached hydrogens (tertiary/aromatic N) is 1. The maximum atomic E-state index is 12.3. The molecule has 0 aromatic heterocycles. The summed E-state index contributed by atoms with van der Waals surface area (Å²) in [5.41, 5.74) is 7.21. The first-order valence-corrected chi connectivity index (χ1v) is 7.75. The maximum Gasteiger partial charge on any atom is 0.244 e. The Bertz CT molecular complexity index is 503. The van der Waals surface area contributed by atoms with Crippen LogP contribution < -0.4 is 11.1 Å². The molecule has 20 heavy (non-hydrogen) atoms. The van der Waals surface area contributed by atoms with Gasteiger partial charge in [0.25, 0.3) is 0 Å². The van der Waals surface area contributed by atoms with Gasteiger partial charge in [-0.15, -0.1) is 0 Å². The lowest BCUT2D eigenvalue weighted by molar-refractivity contribution is -0.131. The van der Waals surface area contributed by atoms with E-state index in [2.05, 4.69) is 21.2 Å². The molecule has 1 unspecified atom stereocenters. The highest BCUT2D eigenvalue weighted by molar-refractivity contribution is 9.10. The monoisotopic (exact) mass is 357 g/mol. The number of hydrogen-bond donors (Lipinski definition) is 2. The van der Waals surface area contributed by atoms with E-state index in [1.54, 1.807) is 4.90 Å². The molecule has 6 heteroatoms. The molecule has 0 saturated heterocycles. The molecule has 0 spiro atoms. The molecule has 0 aliphatic carbocycles. The topological polar surface area (TPSA) is 58.4 Å². The number of amides is 1. The highest BCUT2D eigenvalue weighted by atomic mass is 79.9. The van der Waals surface area contributed by atoms with Crippen molar-refractivity contribution in [3.63, 3.8) is 0 Å².